The summed E-state index contributed by atoms with van der Waals surface area (Å²) in [6, 6.07) is 0. The van der Waals surface area contributed by atoms with Crippen LogP contribution < -0.4 is 0 Å². The van der Waals surface area contributed by atoms with Gasteiger partial charge in [-0.1, -0.05) is 19.1 Å². The summed E-state index contributed by atoms with van der Waals surface area (Å²) in [5, 5.41) is 19.2. The summed E-state index contributed by atoms with van der Waals surface area (Å²) in [5.74, 6) is 0.569. The van der Waals surface area contributed by atoms with Gasteiger partial charge in [0.25, 0.3) is 0 Å². The largest absolute Gasteiger partial charge is 0.396 e. The SMILES string of the molecule is C[C@]12C=CCC[C@@H]1[C@@H](CO)[C@@H](O)CC2. The number of aliphatic hydroxyl groups is 2. The lowest BCUT2D eigenvalue weighted by atomic mass is 9.58. The summed E-state index contributed by atoms with van der Waals surface area (Å²) in [7, 11) is 0. The molecule has 2 N–H and O–H groups in total. The van der Waals surface area contributed by atoms with Crippen LogP contribution in [0.4, 0.5) is 0 Å². The third kappa shape index (κ3) is 1.51. The third-order valence-electron chi connectivity index (χ3n) is 4.19. The van der Waals surface area contributed by atoms with E-state index in [1.807, 2.05) is 0 Å². The van der Waals surface area contributed by atoms with Gasteiger partial charge in [-0.3, -0.25) is 0 Å². The Bertz CT molecular complexity index is 236. The number of rotatable bonds is 1. The fourth-order valence-corrected chi connectivity index (χ4v) is 3.24. The molecule has 2 nitrogen and oxygen atoms in total. The average Bonchev–Trinajstić information content (AvgIpc) is 2.19. The summed E-state index contributed by atoms with van der Waals surface area (Å²) in [5.41, 5.74) is 0.227. The van der Waals surface area contributed by atoms with Crippen LogP contribution in [0, 0.1) is 17.3 Å². The van der Waals surface area contributed by atoms with Crippen LogP contribution in [0.2, 0.25) is 0 Å². The van der Waals surface area contributed by atoms with Crippen molar-refractivity contribution in [2.45, 2.75) is 38.7 Å². The van der Waals surface area contributed by atoms with Gasteiger partial charge in [0.2, 0.25) is 0 Å². The molecule has 1 saturated carbocycles. The second-order valence-corrected chi connectivity index (χ2v) is 5.04. The van der Waals surface area contributed by atoms with Crippen molar-refractivity contribution >= 4 is 0 Å². The van der Waals surface area contributed by atoms with Crippen molar-refractivity contribution in [2.75, 3.05) is 6.61 Å². The summed E-state index contributed by atoms with van der Waals surface area (Å²) in [4.78, 5) is 0. The zero-order chi connectivity index (χ0) is 10.2. The van der Waals surface area contributed by atoms with E-state index < -0.39 is 0 Å². The number of hydrogen-bond acceptors (Lipinski definition) is 2. The second kappa shape index (κ2) is 3.67. The Morgan fingerprint density at radius 1 is 1.43 bits per heavy atom. The van der Waals surface area contributed by atoms with Gasteiger partial charge >= 0.3 is 0 Å². The van der Waals surface area contributed by atoms with E-state index in [1.54, 1.807) is 0 Å². The Labute approximate surface area is 85.6 Å². The molecule has 0 aromatic carbocycles. The predicted molar refractivity (Wildman–Crippen MR) is 55.8 cm³/mol. The fraction of sp³-hybridized carbons (Fsp3) is 0.833. The zero-order valence-electron chi connectivity index (χ0n) is 8.82. The molecule has 0 heterocycles. The molecule has 0 amide bonds. The Morgan fingerprint density at radius 2 is 2.21 bits per heavy atom. The first-order chi connectivity index (χ1) is 6.67. The number of allylic oxidation sites excluding steroid dienone is 2. The molecule has 2 aliphatic rings. The zero-order valence-corrected chi connectivity index (χ0v) is 8.82. The van der Waals surface area contributed by atoms with Gasteiger partial charge in [0, 0.05) is 12.5 Å². The van der Waals surface area contributed by atoms with Gasteiger partial charge in [0.05, 0.1) is 6.10 Å². The van der Waals surface area contributed by atoms with Crippen LogP contribution in [0.1, 0.15) is 32.6 Å². The summed E-state index contributed by atoms with van der Waals surface area (Å²) in [6.45, 7) is 2.40. The lowest BCUT2D eigenvalue weighted by Crippen LogP contribution is -2.45. The second-order valence-electron chi connectivity index (χ2n) is 5.04. The molecule has 0 aromatic rings. The van der Waals surface area contributed by atoms with Crippen LogP contribution in [0.3, 0.4) is 0 Å². The van der Waals surface area contributed by atoms with Gasteiger partial charge in [-0.2, -0.15) is 0 Å². The van der Waals surface area contributed by atoms with Crippen LogP contribution >= 0.6 is 0 Å². The first-order valence-electron chi connectivity index (χ1n) is 5.64. The molecule has 0 aromatic heterocycles. The fourth-order valence-electron chi connectivity index (χ4n) is 3.24. The molecule has 4 atom stereocenters. The van der Waals surface area contributed by atoms with Crippen molar-refractivity contribution in [3.63, 3.8) is 0 Å². The standard InChI is InChI=1S/C12H20O2/c1-12-6-3-2-4-10(12)9(8-13)11(14)5-7-12/h3,6,9-11,13-14H,2,4-5,7-8H2,1H3/t9-,10-,11+,12-/m1/s1. The highest BCUT2D eigenvalue weighted by Crippen LogP contribution is 2.49. The van der Waals surface area contributed by atoms with E-state index in [9.17, 15) is 10.2 Å². The van der Waals surface area contributed by atoms with Crippen LogP contribution in [0.5, 0.6) is 0 Å². The molecule has 0 bridgehead atoms. The van der Waals surface area contributed by atoms with Crippen molar-refractivity contribution < 1.29 is 10.2 Å². The molecule has 0 aliphatic heterocycles. The minimum absolute atomic E-state index is 0.0960. The molecule has 0 saturated heterocycles. The van der Waals surface area contributed by atoms with Crippen molar-refractivity contribution in [2.24, 2.45) is 17.3 Å². The molecule has 2 aliphatic carbocycles. The van der Waals surface area contributed by atoms with Gasteiger partial charge in [-0.25, -0.2) is 0 Å². The molecule has 80 valence electrons. The first kappa shape index (κ1) is 10.2. The third-order valence-corrected chi connectivity index (χ3v) is 4.19. The Balaban J connectivity index is 2.23. The highest BCUT2D eigenvalue weighted by Gasteiger charge is 2.44. The highest BCUT2D eigenvalue weighted by molar-refractivity contribution is 5.09. The summed E-state index contributed by atoms with van der Waals surface area (Å²) >= 11 is 0. The van der Waals surface area contributed by atoms with E-state index in [0.717, 1.165) is 25.7 Å². The molecule has 2 heteroatoms. The van der Waals surface area contributed by atoms with Crippen molar-refractivity contribution in [3.05, 3.63) is 12.2 Å². The Kier molecular flexibility index (Phi) is 2.67. The predicted octanol–water partition coefficient (Wildman–Crippen LogP) is 1.72. The van der Waals surface area contributed by atoms with Crippen molar-refractivity contribution in [1.82, 2.24) is 0 Å². The van der Waals surface area contributed by atoms with E-state index >= 15 is 0 Å². The Hall–Kier alpha value is -0.340. The smallest absolute Gasteiger partial charge is 0.0593 e. The van der Waals surface area contributed by atoms with E-state index in [4.69, 9.17) is 0 Å². The average molecular weight is 196 g/mol. The van der Waals surface area contributed by atoms with Crippen LogP contribution in [0.25, 0.3) is 0 Å². The molecule has 0 radical (unpaired) electrons. The molecular formula is C12H20O2. The van der Waals surface area contributed by atoms with Crippen molar-refractivity contribution in [3.8, 4) is 0 Å². The molecule has 14 heavy (non-hydrogen) atoms. The summed E-state index contributed by atoms with van der Waals surface area (Å²) < 4.78 is 0. The minimum atomic E-state index is -0.287. The molecule has 0 spiro atoms. The lowest BCUT2D eigenvalue weighted by Gasteiger charge is -2.48. The van der Waals surface area contributed by atoms with E-state index in [1.165, 1.54) is 0 Å². The molecule has 0 unspecified atom stereocenters. The van der Waals surface area contributed by atoms with Crippen LogP contribution in [0.15, 0.2) is 12.2 Å². The van der Waals surface area contributed by atoms with Gasteiger partial charge < -0.3 is 10.2 Å². The first-order valence-corrected chi connectivity index (χ1v) is 5.64. The van der Waals surface area contributed by atoms with Crippen LogP contribution in [-0.4, -0.2) is 22.9 Å². The number of aliphatic hydroxyl groups excluding tert-OH is 2. The number of fused-ring (bicyclic) bond motifs is 1. The number of hydrogen-bond donors (Lipinski definition) is 2. The van der Waals surface area contributed by atoms with Gasteiger partial charge in [0.1, 0.15) is 0 Å². The maximum atomic E-state index is 9.84. The maximum Gasteiger partial charge on any atom is 0.0593 e. The van der Waals surface area contributed by atoms with E-state index in [2.05, 4.69) is 19.1 Å². The normalized spacial score (nSPS) is 47.5. The van der Waals surface area contributed by atoms with Crippen LogP contribution in [-0.2, 0) is 0 Å². The van der Waals surface area contributed by atoms with Gasteiger partial charge in [-0.05, 0) is 37.0 Å². The molecule has 2 rings (SSSR count). The quantitative estimate of drug-likeness (QED) is 0.627. The summed E-state index contributed by atoms with van der Waals surface area (Å²) in [6.07, 6.45) is 8.38. The van der Waals surface area contributed by atoms with Crippen molar-refractivity contribution in [1.29, 1.82) is 0 Å². The monoisotopic (exact) mass is 196 g/mol. The Morgan fingerprint density at radius 3 is 2.93 bits per heavy atom. The van der Waals surface area contributed by atoms with E-state index in [-0.39, 0.29) is 24.0 Å². The highest BCUT2D eigenvalue weighted by atomic mass is 16.3. The topological polar surface area (TPSA) is 40.5 Å². The van der Waals surface area contributed by atoms with E-state index in [0.29, 0.717) is 5.92 Å². The molecular weight excluding hydrogens is 176 g/mol. The minimum Gasteiger partial charge on any atom is -0.396 e. The maximum absolute atomic E-state index is 9.84. The lowest BCUT2D eigenvalue weighted by molar-refractivity contribution is -0.0507. The van der Waals surface area contributed by atoms with Gasteiger partial charge in [0.15, 0.2) is 0 Å². The van der Waals surface area contributed by atoms with Gasteiger partial charge in [-0.15, -0.1) is 0 Å². The molecule has 1 fully saturated rings.